The number of carbonyl (C=O) groups excluding carboxylic acids is 1. The molecule has 2 aromatic carbocycles. The molecule has 0 bridgehead atoms. The van der Waals surface area contributed by atoms with Crippen LogP contribution in [0, 0.1) is 34.8 Å². The Morgan fingerprint density at radius 3 is 2.58 bits per heavy atom. The van der Waals surface area contributed by atoms with E-state index < -0.39 is 11.2 Å². The van der Waals surface area contributed by atoms with Gasteiger partial charge in [0.05, 0.1) is 23.2 Å². The number of halogens is 2. The molecule has 38 heavy (non-hydrogen) atoms. The van der Waals surface area contributed by atoms with E-state index in [-0.39, 0.29) is 29.0 Å². The highest BCUT2D eigenvalue weighted by Crippen LogP contribution is 2.50. The number of fused-ring (bicyclic) bond motifs is 3. The zero-order valence-corrected chi connectivity index (χ0v) is 21.0. The van der Waals surface area contributed by atoms with Crippen molar-refractivity contribution in [3.8, 4) is 34.3 Å². The molecular formula is C31H24F2N4O. The van der Waals surface area contributed by atoms with Crippen LogP contribution in [0.3, 0.4) is 0 Å². The zero-order valence-electron chi connectivity index (χ0n) is 21.0. The zero-order chi connectivity index (χ0) is 26.6. The second-order valence-corrected chi connectivity index (χ2v) is 10.3. The Bertz CT molecular complexity index is 1680. The fraction of sp³-hybridized carbons (Fsp3) is 0.226. The molecule has 0 amide bonds. The van der Waals surface area contributed by atoms with Crippen LogP contribution in [0.25, 0.3) is 28.2 Å². The van der Waals surface area contributed by atoms with E-state index in [4.69, 9.17) is 4.98 Å². The van der Waals surface area contributed by atoms with Crippen LogP contribution in [0.2, 0.25) is 0 Å². The molecule has 1 unspecified atom stereocenters. The minimum Gasteiger partial charge on any atom is -0.296 e. The van der Waals surface area contributed by atoms with Gasteiger partial charge >= 0.3 is 0 Å². The van der Waals surface area contributed by atoms with Crippen molar-refractivity contribution in [2.24, 2.45) is 11.8 Å². The molecule has 4 aromatic rings. The van der Waals surface area contributed by atoms with Gasteiger partial charge in [-0.05, 0) is 54.7 Å². The molecular weight excluding hydrogens is 482 g/mol. The lowest BCUT2D eigenvalue weighted by atomic mass is 9.58. The normalized spacial score (nSPS) is 22.3. The Balaban J connectivity index is 1.60. The van der Waals surface area contributed by atoms with E-state index in [1.165, 1.54) is 18.2 Å². The Kier molecular flexibility index (Phi) is 5.57. The molecule has 5 nitrogen and oxygen atoms in total. The Labute approximate surface area is 219 Å². The quantitative estimate of drug-likeness (QED) is 0.324. The number of hydrogen-bond acceptors (Lipinski definition) is 4. The number of allylic oxidation sites excluding steroid dienone is 2. The molecule has 3 atom stereocenters. The van der Waals surface area contributed by atoms with Gasteiger partial charge in [0, 0.05) is 34.4 Å². The lowest BCUT2D eigenvalue weighted by Crippen LogP contribution is -2.45. The molecule has 0 spiro atoms. The van der Waals surface area contributed by atoms with Crippen molar-refractivity contribution < 1.29 is 13.6 Å². The summed E-state index contributed by atoms with van der Waals surface area (Å²) >= 11 is 0. The van der Waals surface area contributed by atoms with Gasteiger partial charge in [0.25, 0.3) is 0 Å². The van der Waals surface area contributed by atoms with Gasteiger partial charge in [0.2, 0.25) is 0 Å². The third-order valence-corrected chi connectivity index (χ3v) is 8.02. The van der Waals surface area contributed by atoms with Crippen LogP contribution >= 0.6 is 0 Å². The summed E-state index contributed by atoms with van der Waals surface area (Å²) in [7, 11) is 0. The molecule has 2 aliphatic rings. The smallest absolute Gasteiger partial charge is 0.176 e. The first-order valence-electron chi connectivity index (χ1n) is 12.6. The number of carbonyl (C=O) groups is 1. The molecule has 6 rings (SSSR count). The van der Waals surface area contributed by atoms with Crippen molar-refractivity contribution in [3.63, 3.8) is 0 Å². The van der Waals surface area contributed by atoms with Crippen molar-refractivity contribution in [1.82, 2.24) is 14.5 Å². The van der Waals surface area contributed by atoms with Gasteiger partial charge in [-0.15, -0.1) is 0 Å². The molecule has 2 heterocycles. The number of rotatable bonds is 3. The minimum absolute atomic E-state index is 0.00647. The number of hydrogen-bond donors (Lipinski definition) is 0. The van der Waals surface area contributed by atoms with E-state index in [1.54, 1.807) is 18.3 Å². The predicted octanol–water partition coefficient (Wildman–Crippen LogP) is 6.37. The molecule has 188 valence electrons. The molecule has 0 N–H and O–H groups in total. The lowest BCUT2D eigenvalue weighted by Gasteiger charge is -2.44. The number of nitrogens with zero attached hydrogens (tertiary/aromatic N) is 4. The number of aromatic nitrogens is 3. The number of nitriles is 1. The lowest BCUT2D eigenvalue weighted by molar-refractivity contribution is -0.121. The summed E-state index contributed by atoms with van der Waals surface area (Å²) in [5, 5.41) is 9.70. The van der Waals surface area contributed by atoms with E-state index >= 15 is 0 Å². The summed E-state index contributed by atoms with van der Waals surface area (Å²) in [6.07, 6.45) is 5.93. The summed E-state index contributed by atoms with van der Waals surface area (Å²) < 4.78 is 30.3. The molecule has 0 saturated heterocycles. The highest BCUT2D eigenvalue weighted by Gasteiger charge is 2.50. The van der Waals surface area contributed by atoms with Gasteiger partial charge in [0.1, 0.15) is 23.5 Å². The molecule has 0 saturated carbocycles. The second-order valence-electron chi connectivity index (χ2n) is 10.3. The van der Waals surface area contributed by atoms with Crippen molar-refractivity contribution in [1.29, 1.82) is 5.26 Å². The van der Waals surface area contributed by atoms with Gasteiger partial charge in [-0.3, -0.25) is 14.3 Å². The van der Waals surface area contributed by atoms with Crippen LogP contribution < -0.4 is 0 Å². The number of benzene rings is 2. The van der Waals surface area contributed by atoms with Gasteiger partial charge in [-0.1, -0.05) is 44.2 Å². The molecule has 0 radical (unpaired) electrons. The molecule has 0 fully saturated rings. The SMILES string of the molecule is C[C@H]1C(=O)C(C#N)=CC2(C)c3nc(-c4cccc(-c5cncc(F)c5)c4)n(-c4cccc(F)c4)c3CC[C@H]12. The maximum atomic E-state index is 14.4. The molecule has 0 aliphatic heterocycles. The maximum Gasteiger partial charge on any atom is 0.176 e. The van der Waals surface area contributed by atoms with E-state index in [0.717, 1.165) is 35.1 Å². The van der Waals surface area contributed by atoms with Crippen LogP contribution in [-0.2, 0) is 16.6 Å². The molecule has 2 aromatic heterocycles. The van der Waals surface area contributed by atoms with Gasteiger partial charge in [-0.25, -0.2) is 13.8 Å². The standard InChI is InChI=1S/C31H24F2N4O/c1-18-26-9-10-27-29(31(26,2)14-22(15-34)28(18)38)36-30(37(27)25-8-4-7-23(32)13-25)20-6-3-5-19(11-20)21-12-24(33)17-35-16-21/h3-8,11-14,16-18,26H,9-10H2,1-2H3/t18-,26-,31?/m1/s1. The topological polar surface area (TPSA) is 71.6 Å². The third-order valence-electron chi connectivity index (χ3n) is 8.02. The predicted molar refractivity (Wildman–Crippen MR) is 139 cm³/mol. The molecule has 2 aliphatic carbocycles. The largest absolute Gasteiger partial charge is 0.296 e. The highest BCUT2D eigenvalue weighted by atomic mass is 19.1. The second kappa shape index (κ2) is 8.84. The Hall–Kier alpha value is -4.44. The fourth-order valence-electron chi connectivity index (χ4n) is 6.21. The summed E-state index contributed by atoms with van der Waals surface area (Å²) in [4.78, 5) is 21.9. The number of imidazole rings is 1. The van der Waals surface area contributed by atoms with Crippen LogP contribution in [0.1, 0.15) is 31.7 Å². The molecule has 7 heteroatoms. The van der Waals surface area contributed by atoms with Crippen LogP contribution in [0.4, 0.5) is 8.78 Å². The Morgan fingerprint density at radius 1 is 1.03 bits per heavy atom. The van der Waals surface area contributed by atoms with Gasteiger partial charge < -0.3 is 0 Å². The first-order chi connectivity index (χ1) is 18.3. The third kappa shape index (κ3) is 3.67. The number of ketones is 1. The summed E-state index contributed by atoms with van der Waals surface area (Å²) in [6.45, 7) is 3.93. The number of pyridine rings is 1. The van der Waals surface area contributed by atoms with Crippen molar-refractivity contribution in [2.75, 3.05) is 0 Å². The van der Waals surface area contributed by atoms with Crippen molar-refractivity contribution in [2.45, 2.75) is 32.1 Å². The van der Waals surface area contributed by atoms with E-state index in [1.807, 2.05) is 48.7 Å². The van der Waals surface area contributed by atoms with Gasteiger partial charge in [-0.2, -0.15) is 5.26 Å². The first kappa shape index (κ1) is 23.9. The summed E-state index contributed by atoms with van der Waals surface area (Å²) in [5.41, 5.74) is 4.06. The maximum absolute atomic E-state index is 14.4. The Morgan fingerprint density at radius 2 is 1.82 bits per heavy atom. The van der Waals surface area contributed by atoms with Crippen molar-refractivity contribution >= 4 is 5.78 Å². The van der Waals surface area contributed by atoms with Gasteiger partial charge in [0.15, 0.2) is 5.78 Å². The highest BCUT2D eigenvalue weighted by molar-refractivity contribution is 6.02. The van der Waals surface area contributed by atoms with E-state index in [9.17, 15) is 18.8 Å². The summed E-state index contributed by atoms with van der Waals surface area (Å²) in [6, 6.07) is 17.5. The monoisotopic (exact) mass is 506 g/mol. The van der Waals surface area contributed by atoms with Crippen molar-refractivity contribution in [3.05, 3.63) is 102 Å². The first-order valence-corrected chi connectivity index (χ1v) is 12.6. The minimum atomic E-state index is -0.636. The average Bonchev–Trinajstić information content (AvgIpc) is 3.32. The average molecular weight is 507 g/mol. The van der Waals surface area contributed by atoms with Crippen LogP contribution in [0.5, 0.6) is 0 Å². The van der Waals surface area contributed by atoms with E-state index in [2.05, 4.69) is 11.1 Å². The van der Waals surface area contributed by atoms with Crippen LogP contribution in [-0.4, -0.2) is 20.3 Å². The summed E-state index contributed by atoms with van der Waals surface area (Å²) in [5.74, 6) is -0.610. The van der Waals surface area contributed by atoms with Crippen LogP contribution in [0.15, 0.2) is 78.6 Å². The fourth-order valence-corrected chi connectivity index (χ4v) is 6.21. The van der Waals surface area contributed by atoms with E-state index in [0.29, 0.717) is 23.5 Å². The number of Topliss-reactive ketones (excluding diaryl/α,β-unsaturated/α-hetero) is 1.